The van der Waals surface area contributed by atoms with Gasteiger partial charge in [-0.05, 0) is 40.2 Å². The second kappa shape index (κ2) is 6.28. The quantitative estimate of drug-likeness (QED) is 0.811. The molecule has 0 radical (unpaired) electrons. The van der Waals surface area contributed by atoms with Crippen LogP contribution in [0.15, 0.2) is 57.9 Å². The summed E-state index contributed by atoms with van der Waals surface area (Å²) in [6, 6.07) is 13.0. The molecular weight excluding hydrogens is 356 g/mol. The SMILES string of the molecule is Nc1ccccc1NC(=O)CS(=O)(=O)c1ccccc1Br. The molecule has 0 saturated carbocycles. The van der Waals surface area contributed by atoms with E-state index in [1.807, 2.05) is 0 Å². The molecule has 0 aliphatic rings. The van der Waals surface area contributed by atoms with Crippen LogP contribution in [0.25, 0.3) is 0 Å². The van der Waals surface area contributed by atoms with Gasteiger partial charge in [-0.1, -0.05) is 24.3 Å². The number of nitrogens with two attached hydrogens (primary N) is 1. The zero-order chi connectivity index (χ0) is 15.5. The molecule has 3 N–H and O–H groups in total. The number of carbonyl (C=O) groups excluding carboxylic acids is 1. The summed E-state index contributed by atoms with van der Waals surface area (Å²) in [4.78, 5) is 12.0. The summed E-state index contributed by atoms with van der Waals surface area (Å²) in [5, 5.41) is 2.50. The van der Waals surface area contributed by atoms with Crippen molar-refractivity contribution in [3.63, 3.8) is 0 Å². The van der Waals surface area contributed by atoms with Crippen molar-refractivity contribution in [1.82, 2.24) is 0 Å². The molecule has 0 saturated heterocycles. The van der Waals surface area contributed by atoms with Crippen LogP contribution in [0, 0.1) is 0 Å². The van der Waals surface area contributed by atoms with E-state index in [-0.39, 0.29) is 4.90 Å². The van der Waals surface area contributed by atoms with E-state index in [0.29, 0.717) is 15.8 Å². The summed E-state index contributed by atoms with van der Waals surface area (Å²) < 4.78 is 24.9. The Morgan fingerprint density at radius 2 is 1.71 bits per heavy atom. The van der Waals surface area contributed by atoms with E-state index in [2.05, 4.69) is 21.2 Å². The number of benzene rings is 2. The molecule has 1 amide bonds. The predicted octanol–water partition coefficient (Wildman–Crippen LogP) is 2.44. The van der Waals surface area contributed by atoms with E-state index in [9.17, 15) is 13.2 Å². The van der Waals surface area contributed by atoms with Crippen LogP contribution in [0.3, 0.4) is 0 Å². The number of hydrogen-bond acceptors (Lipinski definition) is 4. The molecular formula is C14H13BrN2O3S. The normalized spacial score (nSPS) is 11.1. The first kappa shape index (κ1) is 15.5. The van der Waals surface area contributed by atoms with Crippen molar-refractivity contribution >= 4 is 43.0 Å². The fourth-order valence-electron chi connectivity index (χ4n) is 1.74. The second-order valence-electron chi connectivity index (χ2n) is 4.32. The highest BCUT2D eigenvalue weighted by molar-refractivity contribution is 9.10. The zero-order valence-corrected chi connectivity index (χ0v) is 13.3. The second-order valence-corrected chi connectivity index (χ2v) is 7.14. The number of rotatable bonds is 4. The first-order valence-electron chi connectivity index (χ1n) is 6.02. The van der Waals surface area contributed by atoms with Crippen molar-refractivity contribution in [2.75, 3.05) is 16.8 Å². The van der Waals surface area contributed by atoms with Crippen molar-refractivity contribution < 1.29 is 13.2 Å². The molecule has 110 valence electrons. The smallest absolute Gasteiger partial charge is 0.240 e. The molecule has 21 heavy (non-hydrogen) atoms. The van der Waals surface area contributed by atoms with Gasteiger partial charge in [0.2, 0.25) is 5.91 Å². The van der Waals surface area contributed by atoms with E-state index in [0.717, 1.165) is 0 Å². The van der Waals surface area contributed by atoms with Crippen LogP contribution >= 0.6 is 15.9 Å². The van der Waals surface area contributed by atoms with Gasteiger partial charge in [-0.3, -0.25) is 4.79 Å². The number of para-hydroxylation sites is 2. The van der Waals surface area contributed by atoms with Gasteiger partial charge in [0.05, 0.1) is 16.3 Å². The Kier molecular flexibility index (Phi) is 4.64. The summed E-state index contributed by atoms with van der Waals surface area (Å²) in [6.07, 6.45) is 0. The molecule has 7 heteroatoms. The Morgan fingerprint density at radius 1 is 1.10 bits per heavy atom. The van der Waals surface area contributed by atoms with Crippen molar-refractivity contribution in [1.29, 1.82) is 0 Å². The Morgan fingerprint density at radius 3 is 2.38 bits per heavy atom. The third-order valence-electron chi connectivity index (χ3n) is 2.73. The van der Waals surface area contributed by atoms with Crippen molar-refractivity contribution in [2.24, 2.45) is 0 Å². The number of nitrogens with one attached hydrogen (secondary N) is 1. The van der Waals surface area contributed by atoms with Gasteiger partial charge in [0.1, 0.15) is 5.75 Å². The predicted molar refractivity (Wildman–Crippen MR) is 85.7 cm³/mol. The van der Waals surface area contributed by atoms with Gasteiger partial charge in [-0.15, -0.1) is 0 Å². The van der Waals surface area contributed by atoms with E-state index in [4.69, 9.17) is 5.73 Å². The summed E-state index contributed by atoms with van der Waals surface area (Å²) >= 11 is 3.17. The lowest BCUT2D eigenvalue weighted by Crippen LogP contribution is -2.23. The van der Waals surface area contributed by atoms with Crippen LogP contribution in [0.4, 0.5) is 11.4 Å². The number of anilines is 2. The largest absolute Gasteiger partial charge is 0.397 e. The highest BCUT2D eigenvalue weighted by atomic mass is 79.9. The van der Waals surface area contributed by atoms with Gasteiger partial charge in [-0.25, -0.2) is 8.42 Å². The van der Waals surface area contributed by atoms with Crippen molar-refractivity contribution in [3.05, 3.63) is 53.0 Å². The van der Waals surface area contributed by atoms with E-state index in [1.165, 1.54) is 6.07 Å². The van der Waals surface area contributed by atoms with Gasteiger partial charge in [0, 0.05) is 4.47 Å². The Hall–Kier alpha value is -1.86. The topological polar surface area (TPSA) is 89.3 Å². The van der Waals surface area contributed by atoms with Gasteiger partial charge in [-0.2, -0.15) is 0 Å². The molecule has 0 atom stereocenters. The average Bonchev–Trinajstić information content (AvgIpc) is 2.41. The maximum atomic E-state index is 12.2. The monoisotopic (exact) mass is 368 g/mol. The van der Waals surface area contributed by atoms with Gasteiger partial charge < -0.3 is 11.1 Å². The number of carbonyl (C=O) groups is 1. The zero-order valence-electron chi connectivity index (χ0n) is 10.9. The molecule has 0 bridgehead atoms. The minimum absolute atomic E-state index is 0.0844. The molecule has 5 nitrogen and oxygen atoms in total. The van der Waals surface area contributed by atoms with E-state index >= 15 is 0 Å². The molecule has 0 unspecified atom stereocenters. The van der Waals surface area contributed by atoms with Crippen molar-refractivity contribution in [2.45, 2.75) is 4.90 Å². The molecule has 2 rings (SSSR count). The Balaban J connectivity index is 2.16. The third kappa shape index (κ3) is 3.83. The van der Waals surface area contributed by atoms with Crippen LogP contribution < -0.4 is 11.1 Å². The minimum atomic E-state index is -3.72. The van der Waals surface area contributed by atoms with E-state index < -0.39 is 21.5 Å². The maximum Gasteiger partial charge on any atom is 0.240 e. The summed E-state index contributed by atoms with van der Waals surface area (Å²) in [5.41, 5.74) is 6.47. The van der Waals surface area contributed by atoms with Crippen LogP contribution in [0.5, 0.6) is 0 Å². The third-order valence-corrected chi connectivity index (χ3v) is 5.35. The summed E-state index contributed by atoms with van der Waals surface area (Å²) in [5.74, 6) is -1.28. The number of sulfone groups is 1. The highest BCUT2D eigenvalue weighted by Gasteiger charge is 2.21. The molecule has 0 fully saturated rings. The minimum Gasteiger partial charge on any atom is -0.397 e. The molecule has 0 aliphatic carbocycles. The molecule has 0 spiro atoms. The molecule has 0 aliphatic heterocycles. The van der Waals surface area contributed by atoms with Crippen LogP contribution in [0.1, 0.15) is 0 Å². The Labute approximate surface area is 131 Å². The lowest BCUT2D eigenvalue weighted by Gasteiger charge is -2.09. The molecule has 2 aromatic rings. The number of hydrogen-bond donors (Lipinski definition) is 2. The van der Waals surface area contributed by atoms with Crippen LogP contribution in [0.2, 0.25) is 0 Å². The van der Waals surface area contributed by atoms with Crippen LogP contribution in [-0.4, -0.2) is 20.1 Å². The van der Waals surface area contributed by atoms with E-state index in [1.54, 1.807) is 42.5 Å². The standard InChI is InChI=1S/C14H13BrN2O3S/c15-10-5-1-4-8-13(10)21(19,20)9-14(18)17-12-7-3-2-6-11(12)16/h1-8H,9,16H2,(H,17,18). The molecule has 0 aromatic heterocycles. The maximum absolute atomic E-state index is 12.2. The fraction of sp³-hybridized carbons (Fsp3) is 0.0714. The first-order chi connectivity index (χ1) is 9.90. The van der Waals surface area contributed by atoms with Gasteiger partial charge >= 0.3 is 0 Å². The van der Waals surface area contributed by atoms with Crippen molar-refractivity contribution in [3.8, 4) is 0 Å². The first-order valence-corrected chi connectivity index (χ1v) is 8.46. The Bertz CT molecular complexity index is 775. The van der Waals surface area contributed by atoms with Gasteiger partial charge in [0.15, 0.2) is 9.84 Å². The molecule has 0 heterocycles. The number of nitrogen functional groups attached to an aromatic ring is 1. The number of halogens is 1. The lowest BCUT2D eigenvalue weighted by molar-refractivity contribution is -0.113. The fourth-order valence-corrected chi connectivity index (χ4v) is 3.99. The lowest BCUT2D eigenvalue weighted by atomic mass is 10.3. The summed E-state index contributed by atoms with van der Waals surface area (Å²) in [6.45, 7) is 0. The molecule has 2 aromatic carbocycles. The summed E-state index contributed by atoms with van der Waals surface area (Å²) in [7, 11) is -3.72. The average molecular weight is 369 g/mol. The van der Waals surface area contributed by atoms with Crippen LogP contribution in [-0.2, 0) is 14.6 Å². The van der Waals surface area contributed by atoms with Gasteiger partial charge in [0.25, 0.3) is 0 Å². The highest BCUT2D eigenvalue weighted by Crippen LogP contribution is 2.23. The number of amides is 1.